The van der Waals surface area contributed by atoms with Gasteiger partial charge in [0.25, 0.3) is 0 Å². The first-order valence-corrected chi connectivity index (χ1v) is 9.37. The standard InChI is InChI=1S/C22H20F6O3/c1-13(2)11-12-31-20(30)17(14-7-4-3-5-8-14)19(29)18-15(21(23,24)25)9-6-10-16(18)22(26,27)28/h3-10,13,17H,11-12H2,1-2H3. The molecule has 0 saturated carbocycles. The van der Waals surface area contributed by atoms with Gasteiger partial charge in [0, 0.05) is 5.56 Å². The zero-order chi connectivity index (χ0) is 23.4. The first kappa shape index (κ1) is 24.4. The van der Waals surface area contributed by atoms with E-state index in [1.54, 1.807) is 0 Å². The van der Waals surface area contributed by atoms with Crippen LogP contribution in [0.3, 0.4) is 0 Å². The fourth-order valence-electron chi connectivity index (χ4n) is 2.95. The van der Waals surface area contributed by atoms with Crippen LogP contribution < -0.4 is 0 Å². The lowest BCUT2D eigenvalue weighted by atomic mass is 9.85. The highest BCUT2D eigenvalue weighted by atomic mass is 19.4. The Bertz CT molecular complexity index is 885. The second-order valence-corrected chi connectivity index (χ2v) is 7.28. The van der Waals surface area contributed by atoms with Gasteiger partial charge in [0.2, 0.25) is 0 Å². The number of hydrogen-bond donors (Lipinski definition) is 0. The molecule has 0 spiro atoms. The van der Waals surface area contributed by atoms with Crippen LogP contribution in [0, 0.1) is 5.92 Å². The van der Waals surface area contributed by atoms with Gasteiger partial charge in [-0.25, -0.2) is 0 Å². The normalized spacial score (nSPS) is 13.2. The third kappa shape index (κ3) is 6.08. The lowest BCUT2D eigenvalue weighted by Crippen LogP contribution is -2.29. The first-order valence-electron chi connectivity index (χ1n) is 9.37. The third-order valence-corrected chi connectivity index (χ3v) is 4.49. The van der Waals surface area contributed by atoms with Crippen LogP contribution in [0.5, 0.6) is 0 Å². The highest BCUT2D eigenvalue weighted by Gasteiger charge is 2.45. The van der Waals surface area contributed by atoms with E-state index in [0.717, 1.165) is 0 Å². The minimum absolute atomic E-state index is 0.0628. The molecular formula is C22H20F6O3. The molecule has 31 heavy (non-hydrogen) atoms. The summed E-state index contributed by atoms with van der Waals surface area (Å²) < 4.78 is 86.0. The molecule has 168 valence electrons. The number of carbonyl (C=O) groups excluding carboxylic acids is 2. The molecule has 0 saturated heterocycles. The molecular weight excluding hydrogens is 426 g/mol. The number of alkyl halides is 6. The van der Waals surface area contributed by atoms with E-state index in [1.165, 1.54) is 30.3 Å². The smallest absolute Gasteiger partial charge is 0.417 e. The molecule has 2 rings (SSSR count). The summed E-state index contributed by atoms with van der Waals surface area (Å²) >= 11 is 0. The van der Waals surface area contributed by atoms with E-state index >= 15 is 0 Å². The van der Waals surface area contributed by atoms with Crippen molar-refractivity contribution >= 4 is 11.8 Å². The Balaban J connectivity index is 2.63. The maximum absolute atomic E-state index is 13.5. The van der Waals surface area contributed by atoms with E-state index < -0.39 is 46.7 Å². The second kappa shape index (κ2) is 9.53. The number of esters is 1. The van der Waals surface area contributed by atoms with Crippen molar-refractivity contribution in [3.8, 4) is 0 Å². The van der Waals surface area contributed by atoms with Gasteiger partial charge in [0.05, 0.1) is 17.7 Å². The van der Waals surface area contributed by atoms with Crippen LogP contribution in [-0.2, 0) is 21.9 Å². The van der Waals surface area contributed by atoms with Crippen LogP contribution in [0.25, 0.3) is 0 Å². The van der Waals surface area contributed by atoms with Gasteiger partial charge in [-0.1, -0.05) is 50.2 Å². The molecule has 0 N–H and O–H groups in total. The molecule has 0 heterocycles. The lowest BCUT2D eigenvalue weighted by molar-refractivity contribution is -0.146. The number of hydrogen-bond acceptors (Lipinski definition) is 3. The van der Waals surface area contributed by atoms with Gasteiger partial charge < -0.3 is 4.74 Å². The average molecular weight is 446 g/mol. The fourth-order valence-corrected chi connectivity index (χ4v) is 2.95. The van der Waals surface area contributed by atoms with E-state index in [1.807, 2.05) is 13.8 Å². The van der Waals surface area contributed by atoms with Gasteiger partial charge >= 0.3 is 18.3 Å². The number of ether oxygens (including phenoxy) is 1. The Morgan fingerprint density at radius 3 is 1.81 bits per heavy atom. The van der Waals surface area contributed by atoms with Gasteiger partial charge in [0.15, 0.2) is 5.78 Å². The quantitative estimate of drug-likeness (QED) is 0.218. The molecule has 0 aliphatic heterocycles. The van der Waals surface area contributed by atoms with Crippen LogP contribution in [-0.4, -0.2) is 18.4 Å². The topological polar surface area (TPSA) is 43.4 Å². The summed E-state index contributed by atoms with van der Waals surface area (Å²) in [6.45, 7) is 3.55. The summed E-state index contributed by atoms with van der Waals surface area (Å²) in [5.74, 6) is -4.68. The summed E-state index contributed by atoms with van der Waals surface area (Å²) in [4.78, 5) is 25.8. The van der Waals surface area contributed by atoms with Gasteiger partial charge in [-0.3, -0.25) is 9.59 Å². The first-order chi connectivity index (χ1) is 14.3. The lowest BCUT2D eigenvalue weighted by Gasteiger charge is -2.22. The van der Waals surface area contributed by atoms with Crippen LogP contribution >= 0.6 is 0 Å². The summed E-state index contributed by atoms with van der Waals surface area (Å²) in [5.41, 5.74) is -5.18. The van der Waals surface area contributed by atoms with Crippen molar-refractivity contribution in [1.29, 1.82) is 0 Å². The van der Waals surface area contributed by atoms with Crippen molar-refractivity contribution in [2.24, 2.45) is 5.92 Å². The van der Waals surface area contributed by atoms with Crippen molar-refractivity contribution in [2.75, 3.05) is 6.61 Å². The minimum Gasteiger partial charge on any atom is -0.465 e. The van der Waals surface area contributed by atoms with E-state index in [9.17, 15) is 35.9 Å². The van der Waals surface area contributed by atoms with Gasteiger partial charge in [-0.15, -0.1) is 0 Å². The van der Waals surface area contributed by atoms with Crippen molar-refractivity contribution in [3.05, 3.63) is 70.8 Å². The predicted octanol–water partition coefficient (Wildman–Crippen LogP) is 6.28. The Morgan fingerprint density at radius 2 is 1.35 bits per heavy atom. The fraction of sp³-hybridized carbons (Fsp3) is 0.364. The monoisotopic (exact) mass is 446 g/mol. The number of benzene rings is 2. The maximum Gasteiger partial charge on any atom is 0.417 e. The average Bonchev–Trinajstić information content (AvgIpc) is 2.66. The molecule has 0 aliphatic rings. The highest BCUT2D eigenvalue weighted by molar-refractivity contribution is 6.14. The molecule has 2 aromatic carbocycles. The Hall–Kier alpha value is -2.84. The molecule has 3 nitrogen and oxygen atoms in total. The number of ketones is 1. The van der Waals surface area contributed by atoms with E-state index in [4.69, 9.17) is 4.74 Å². The van der Waals surface area contributed by atoms with E-state index in [-0.39, 0.29) is 18.1 Å². The Labute approximate surface area is 175 Å². The van der Waals surface area contributed by atoms with Crippen LogP contribution in [0.1, 0.15) is 53.2 Å². The van der Waals surface area contributed by atoms with Gasteiger partial charge in [-0.05, 0) is 30.0 Å². The van der Waals surface area contributed by atoms with Crippen molar-refractivity contribution in [3.63, 3.8) is 0 Å². The summed E-state index contributed by atoms with van der Waals surface area (Å²) in [7, 11) is 0. The number of Topliss-reactive ketones (excluding diaryl/α,β-unsaturated/α-hetero) is 1. The molecule has 0 bridgehead atoms. The van der Waals surface area contributed by atoms with Crippen LogP contribution in [0.15, 0.2) is 48.5 Å². The summed E-state index contributed by atoms with van der Waals surface area (Å²) in [5, 5.41) is 0. The third-order valence-electron chi connectivity index (χ3n) is 4.49. The minimum atomic E-state index is -5.24. The summed E-state index contributed by atoms with van der Waals surface area (Å²) in [6.07, 6.45) is -10.1. The maximum atomic E-state index is 13.5. The van der Waals surface area contributed by atoms with Crippen LogP contribution in [0.2, 0.25) is 0 Å². The molecule has 0 aromatic heterocycles. The summed E-state index contributed by atoms with van der Waals surface area (Å²) in [6, 6.07) is 8.24. The molecule has 9 heteroatoms. The highest BCUT2D eigenvalue weighted by Crippen LogP contribution is 2.41. The molecule has 1 atom stereocenters. The number of rotatable bonds is 7. The zero-order valence-electron chi connectivity index (χ0n) is 16.7. The molecule has 0 fully saturated rings. The zero-order valence-corrected chi connectivity index (χ0v) is 16.7. The second-order valence-electron chi connectivity index (χ2n) is 7.28. The van der Waals surface area contributed by atoms with E-state index in [2.05, 4.69) is 0 Å². The van der Waals surface area contributed by atoms with Crippen LogP contribution in [0.4, 0.5) is 26.3 Å². The van der Waals surface area contributed by atoms with Crippen molar-refractivity contribution in [2.45, 2.75) is 38.5 Å². The molecule has 0 aliphatic carbocycles. The number of halogens is 6. The SMILES string of the molecule is CC(C)CCOC(=O)C(C(=O)c1c(C(F)(F)F)cccc1C(F)(F)F)c1ccccc1. The molecule has 0 amide bonds. The molecule has 1 unspecified atom stereocenters. The largest absolute Gasteiger partial charge is 0.465 e. The molecule has 0 radical (unpaired) electrons. The van der Waals surface area contributed by atoms with E-state index in [0.29, 0.717) is 24.6 Å². The Morgan fingerprint density at radius 1 is 0.839 bits per heavy atom. The van der Waals surface area contributed by atoms with Crippen molar-refractivity contribution in [1.82, 2.24) is 0 Å². The van der Waals surface area contributed by atoms with Gasteiger partial charge in [-0.2, -0.15) is 26.3 Å². The van der Waals surface area contributed by atoms with Gasteiger partial charge in [0.1, 0.15) is 5.92 Å². The van der Waals surface area contributed by atoms with Crippen molar-refractivity contribution < 1.29 is 40.7 Å². The number of carbonyl (C=O) groups is 2. The predicted molar refractivity (Wildman–Crippen MR) is 100 cm³/mol. The Kier molecular flexibility index (Phi) is 7.51. The molecule has 2 aromatic rings.